The first kappa shape index (κ1) is 17.2. The summed E-state index contributed by atoms with van der Waals surface area (Å²) in [6, 6.07) is 16.5. The molecule has 0 unspecified atom stereocenters. The fraction of sp³-hybridized carbons (Fsp3) is 0.350. The lowest BCUT2D eigenvalue weighted by Crippen LogP contribution is -2.02. The van der Waals surface area contributed by atoms with Crippen LogP contribution in [0, 0.1) is 0 Å². The van der Waals surface area contributed by atoms with Gasteiger partial charge in [-0.3, -0.25) is 4.79 Å². The van der Waals surface area contributed by atoms with E-state index in [-0.39, 0.29) is 5.78 Å². The molecule has 1 nitrogen and oxygen atoms in total. The minimum atomic E-state index is 0.152. The Balaban J connectivity index is 0.00000106. The van der Waals surface area contributed by atoms with E-state index >= 15 is 0 Å². The summed E-state index contributed by atoms with van der Waals surface area (Å²) in [5, 5.41) is 0. The maximum atomic E-state index is 11.6. The van der Waals surface area contributed by atoms with Crippen LogP contribution in [0.5, 0.6) is 0 Å². The van der Waals surface area contributed by atoms with E-state index in [0.717, 1.165) is 30.4 Å². The highest BCUT2D eigenvalue weighted by atomic mass is 16.1. The van der Waals surface area contributed by atoms with E-state index < -0.39 is 0 Å². The maximum Gasteiger partial charge on any atom is 0.160 e. The van der Waals surface area contributed by atoms with E-state index in [1.165, 1.54) is 11.1 Å². The Labute approximate surface area is 129 Å². The van der Waals surface area contributed by atoms with Crippen molar-refractivity contribution in [2.45, 2.75) is 47.0 Å². The molecular formula is C20H26O. The van der Waals surface area contributed by atoms with Crippen molar-refractivity contribution < 1.29 is 4.79 Å². The number of Topliss-reactive ketones (excluding diaryl/α,β-unsaturated/α-hetero) is 1. The number of benzene rings is 2. The standard InChI is InChI=1S/C18H20O.C2H6/c1-3-15-8-4-5-9-16(15)12-13-17-10-6-7-11-18(17)14(2)19;1-2/h4-11H,3,12-13H2,1-2H3;1-2H3. The van der Waals surface area contributed by atoms with Gasteiger partial charge in [0.25, 0.3) is 0 Å². The smallest absolute Gasteiger partial charge is 0.160 e. The second-order valence-corrected chi connectivity index (χ2v) is 4.84. The molecule has 2 aromatic carbocycles. The zero-order valence-electron chi connectivity index (χ0n) is 13.6. The van der Waals surface area contributed by atoms with Crippen LogP contribution in [-0.4, -0.2) is 5.78 Å². The van der Waals surface area contributed by atoms with Crippen molar-refractivity contribution in [3.8, 4) is 0 Å². The van der Waals surface area contributed by atoms with Crippen LogP contribution in [0.2, 0.25) is 0 Å². The van der Waals surface area contributed by atoms with Crippen LogP contribution in [0.3, 0.4) is 0 Å². The van der Waals surface area contributed by atoms with Crippen LogP contribution in [0.1, 0.15) is 54.7 Å². The molecule has 0 saturated carbocycles. The van der Waals surface area contributed by atoms with Gasteiger partial charge in [-0.15, -0.1) is 0 Å². The van der Waals surface area contributed by atoms with Gasteiger partial charge < -0.3 is 0 Å². The highest BCUT2D eigenvalue weighted by Gasteiger charge is 2.07. The van der Waals surface area contributed by atoms with Crippen molar-refractivity contribution in [3.63, 3.8) is 0 Å². The Morgan fingerprint density at radius 1 is 0.810 bits per heavy atom. The van der Waals surface area contributed by atoms with Crippen LogP contribution in [0.25, 0.3) is 0 Å². The van der Waals surface area contributed by atoms with Gasteiger partial charge in [0.2, 0.25) is 0 Å². The second-order valence-electron chi connectivity index (χ2n) is 4.84. The van der Waals surface area contributed by atoms with E-state index in [1.54, 1.807) is 6.92 Å². The summed E-state index contributed by atoms with van der Waals surface area (Å²) in [5.74, 6) is 0.152. The molecule has 112 valence electrons. The van der Waals surface area contributed by atoms with E-state index in [0.29, 0.717) is 0 Å². The van der Waals surface area contributed by atoms with E-state index in [9.17, 15) is 4.79 Å². The van der Waals surface area contributed by atoms with Crippen molar-refractivity contribution in [1.29, 1.82) is 0 Å². The molecule has 0 aliphatic heterocycles. The Kier molecular flexibility index (Phi) is 7.45. The molecule has 0 N–H and O–H groups in total. The molecule has 0 fully saturated rings. The predicted octanol–water partition coefficient (Wildman–Crippen LogP) is 5.26. The lowest BCUT2D eigenvalue weighted by molar-refractivity contribution is 0.101. The number of ketones is 1. The topological polar surface area (TPSA) is 17.1 Å². The lowest BCUT2D eigenvalue weighted by Gasteiger charge is -2.09. The van der Waals surface area contributed by atoms with Crippen molar-refractivity contribution in [2.75, 3.05) is 0 Å². The molecule has 0 bridgehead atoms. The van der Waals surface area contributed by atoms with Gasteiger partial charge in [0.1, 0.15) is 0 Å². The van der Waals surface area contributed by atoms with Crippen LogP contribution in [0.4, 0.5) is 0 Å². The zero-order chi connectivity index (χ0) is 15.7. The highest BCUT2D eigenvalue weighted by Crippen LogP contribution is 2.16. The summed E-state index contributed by atoms with van der Waals surface area (Å²) >= 11 is 0. The third kappa shape index (κ3) is 4.86. The summed E-state index contributed by atoms with van der Waals surface area (Å²) in [4.78, 5) is 11.6. The van der Waals surface area contributed by atoms with Gasteiger partial charge in [-0.25, -0.2) is 0 Å². The summed E-state index contributed by atoms with van der Waals surface area (Å²) in [6.45, 7) is 7.82. The molecule has 0 heterocycles. The Bertz CT molecular complexity index is 570. The minimum Gasteiger partial charge on any atom is -0.295 e. The molecule has 0 atom stereocenters. The monoisotopic (exact) mass is 282 g/mol. The molecule has 0 aromatic heterocycles. The van der Waals surface area contributed by atoms with Gasteiger partial charge in [0.15, 0.2) is 5.78 Å². The Morgan fingerprint density at radius 2 is 1.29 bits per heavy atom. The third-order valence-electron chi connectivity index (χ3n) is 3.56. The van der Waals surface area contributed by atoms with Gasteiger partial charge >= 0.3 is 0 Å². The van der Waals surface area contributed by atoms with E-state index in [4.69, 9.17) is 0 Å². The normalized spacial score (nSPS) is 9.71. The first-order valence-electron chi connectivity index (χ1n) is 7.88. The molecule has 21 heavy (non-hydrogen) atoms. The second kappa shape index (κ2) is 9.12. The quantitative estimate of drug-likeness (QED) is 0.683. The van der Waals surface area contributed by atoms with Gasteiger partial charge in [0.05, 0.1) is 0 Å². The SMILES string of the molecule is CC.CCc1ccccc1CCc1ccccc1C(C)=O. The molecule has 0 aliphatic rings. The molecule has 0 amide bonds. The first-order chi connectivity index (χ1) is 10.2. The molecule has 0 saturated heterocycles. The highest BCUT2D eigenvalue weighted by molar-refractivity contribution is 5.95. The van der Waals surface area contributed by atoms with Crippen molar-refractivity contribution in [2.24, 2.45) is 0 Å². The summed E-state index contributed by atoms with van der Waals surface area (Å²) in [5.41, 5.74) is 4.81. The fourth-order valence-electron chi connectivity index (χ4n) is 2.50. The molecule has 0 aliphatic carbocycles. The molecule has 2 rings (SSSR count). The first-order valence-corrected chi connectivity index (χ1v) is 7.88. The van der Waals surface area contributed by atoms with E-state index in [1.807, 2.05) is 32.0 Å². The lowest BCUT2D eigenvalue weighted by atomic mass is 9.95. The van der Waals surface area contributed by atoms with Crippen molar-refractivity contribution in [3.05, 3.63) is 70.8 Å². The molecule has 1 heteroatoms. The van der Waals surface area contributed by atoms with E-state index in [2.05, 4.69) is 37.3 Å². The molecule has 0 radical (unpaired) electrons. The zero-order valence-corrected chi connectivity index (χ0v) is 13.6. The van der Waals surface area contributed by atoms with Gasteiger partial charge in [0, 0.05) is 5.56 Å². The number of aryl methyl sites for hydroxylation is 3. The maximum absolute atomic E-state index is 11.6. The molecular weight excluding hydrogens is 256 g/mol. The number of hydrogen-bond acceptors (Lipinski definition) is 1. The summed E-state index contributed by atoms with van der Waals surface area (Å²) in [7, 11) is 0. The third-order valence-corrected chi connectivity index (χ3v) is 3.56. The van der Waals surface area contributed by atoms with Gasteiger partial charge in [-0.2, -0.15) is 0 Å². The average molecular weight is 282 g/mol. The largest absolute Gasteiger partial charge is 0.295 e. The van der Waals surface area contributed by atoms with Crippen LogP contribution < -0.4 is 0 Å². The van der Waals surface area contributed by atoms with Crippen LogP contribution in [0.15, 0.2) is 48.5 Å². The number of carbonyl (C=O) groups excluding carboxylic acids is 1. The summed E-state index contributed by atoms with van der Waals surface area (Å²) in [6.07, 6.45) is 2.98. The average Bonchev–Trinajstić information content (AvgIpc) is 2.55. The molecule has 2 aromatic rings. The van der Waals surface area contributed by atoms with Gasteiger partial charge in [-0.1, -0.05) is 69.3 Å². The van der Waals surface area contributed by atoms with Crippen molar-refractivity contribution in [1.82, 2.24) is 0 Å². The van der Waals surface area contributed by atoms with Crippen LogP contribution >= 0.6 is 0 Å². The summed E-state index contributed by atoms with van der Waals surface area (Å²) < 4.78 is 0. The predicted molar refractivity (Wildman–Crippen MR) is 91.0 cm³/mol. The van der Waals surface area contributed by atoms with Gasteiger partial charge in [-0.05, 0) is 42.9 Å². The number of hydrogen-bond donors (Lipinski definition) is 0. The minimum absolute atomic E-state index is 0.152. The number of rotatable bonds is 5. The fourth-order valence-corrected chi connectivity index (χ4v) is 2.50. The molecule has 0 spiro atoms. The Hall–Kier alpha value is -1.89. The number of carbonyl (C=O) groups is 1. The van der Waals surface area contributed by atoms with Crippen LogP contribution in [-0.2, 0) is 19.3 Å². The Morgan fingerprint density at radius 3 is 1.86 bits per heavy atom. The van der Waals surface area contributed by atoms with Crippen molar-refractivity contribution >= 4 is 5.78 Å².